The van der Waals surface area contributed by atoms with Gasteiger partial charge in [0.15, 0.2) is 16.5 Å². The van der Waals surface area contributed by atoms with Crippen molar-refractivity contribution >= 4 is 9.84 Å². The summed E-state index contributed by atoms with van der Waals surface area (Å²) in [5.41, 5.74) is -5.68. The molecule has 16 heteroatoms. The minimum absolute atomic E-state index is 0.138. The van der Waals surface area contributed by atoms with Crippen LogP contribution in [0.5, 0.6) is 5.88 Å². The molecule has 0 fully saturated rings. The minimum Gasteiger partial charge on any atom is -0.417 e. The highest BCUT2D eigenvalue weighted by molar-refractivity contribution is 7.95. The SMILES string of the molecule is Cn1nc(C(F)(F)F)c(C(F)(F)S(=O)(=O)C2=C(F)C(C)(C)ON2)c1OC(F)F. The first-order valence-corrected chi connectivity index (χ1v) is 8.49. The topological polar surface area (TPSA) is 82.5 Å². The Hall–Kier alpha value is -2.10. The highest BCUT2D eigenvalue weighted by atomic mass is 32.2. The third-order valence-electron chi connectivity index (χ3n) is 3.49. The van der Waals surface area contributed by atoms with Crippen molar-refractivity contribution in [2.75, 3.05) is 0 Å². The second-order valence-electron chi connectivity index (χ2n) is 5.91. The highest BCUT2D eigenvalue weighted by Gasteiger charge is 2.60. The first kappa shape index (κ1) is 22.2. The molecule has 1 aromatic heterocycles. The number of nitrogens with one attached hydrogen (secondary N) is 1. The van der Waals surface area contributed by atoms with E-state index in [1.165, 1.54) is 5.48 Å². The van der Waals surface area contributed by atoms with E-state index in [4.69, 9.17) is 0 Å². The molecule has 0 radical (unpaired) electrons. The number of aryl methyl sites for hydroxylation is 1. The first-order chi connectivity index (χ1) is 12.4. The fraction of sp³-hybridized carbons (Fsp3) is 0.583. The van der Waals surface area contributed by atoms with E-state index in [1.54, 1.807) is 0 Å². The predicted octanol–water partition coefficient (Wildman–Crippen LogP) is 2.96. The maximum absolute atomic E-state index is 14.8. The maximum atomic E-state index is 14.8. The molecule has 160 valence electrons. The van der Waals surface area contributed by atoms with E-state index in [2.05, 4.69) is 14.7 Å². The average Bonchev–Trinajstić information content (AvgIpc) is 2.97. The van der Waals surface area contributed by atoms with Crippen LogP contribution in [0.4, 0.5) is 35.1 Å². The number of ether oxygens (including phenoxy) is 1. The van der Waals surface area contributed by atoms with Crippen molar-refractivity contribution < 1.29 is 53.1 Å². The molecule has 0 saturated heterocycles. The van der Waals surface area contributed by atoms with Crippen LogP contribution in [0.1, 0.15) is 25.1 Å². The molecular weight excluding hydrogens is 434 g/mol. The zero-order chi connectivity index (χ0) is 21.9. The molecule has 0 aliphatic carbocycles. The number of aromatic nitrogens is 2. The van der Waals surface area contributed by atoms with Crippen LogP contribution in [0.3, 0.4) is 0 Å². The first-order valence-electron chi connectivity index (χ1n) is 7.00. The standard InChI is InChI=1S/C12H11F8N3O4S/c1-10(2)5(13)7(22-27-10)28(24,25)12(19,20)4-6(11(16,17)18)21-23(3)8(4)26-9(14)15/h9,22H,1-3H3. The molecule has 0 bridgehead atoms. The molecule has 0 atom stereocenters. The van der Waals surface area contributed by atoms with E-state index in [1.807, 2.05) is 0 Å². The fourth-order valence-electron chi connectivity index (χ4n) is 2.16. The van der Waals surface area contributed by atoms with E-state index in [-0.39, 0.29) is 4.68 Å². The lowest BCUT2D eigenvalue weighted by Crippen LogP contribution is -2.33. The van der Waals surface area contributed by atoms with E-state index < -0.39 is 61.5 Å². The molecular formula is C12H11F8N3O4S. The molecule has 7 nitrogen and oxygen atoms in total. The van der Waals surface area contributed by atoms with Crippen LogP contribution in [0, 0.1) is 0 Å². The lowest BCUT2D eigenvalue weighted by atomic mass is 10.1. The van der Waals surface area contributed by atoms with Crippen molar-refractivity contribution in [3.8, 4) is 5.88 Å². The van der Waals surface area contributed by atoms with Gasteiger partial charge in [-0.05, 0) is 13.8 Å². The average molecular weight is 445 g/mol. The van der Waals surface area contributed by atoms with Crippen molar-refractivity contribution in [3.05, 3.63) is 22.1 Å². The molecule has 2 rings (SSSR count). The monoisotopic (exact) mass is 445 g/mol. The molecule has 1 aliphatic heterocycles. The summed E-state index contributed by atoms with van der Waals surface area (Å²) in [4.78, 5) is 4.47. The molecule has 0 aromatic carbocycles. The van der Waals surface area contributed by atoms with Crippen molar-refractivity contribution in [2.45, 2.75) is 37.5 Å². The summed E-state index contributed by atoms with van der Waals surface area (Å²) in [6.45, 7) is -2.02. The Morgan fingerprint density at radius 1 is 1.21 bits per heavy atom. The van der Waals surface area contributed by atoms with E-state index in [0.717, 1.165) is 13.8 Å². The molecule has 1 N–H and O–H groups in total. The second-order valence-corrected chi connectivity index (χ2v) is 7.83. The van der Waals surface area contributed by atoms with Crippen molar-refractivity contribution in [2.24, 2.45) is 7.05 Å². The molecule has 0 spiro atoms. The summed E-state index contributed by atoms with van der Waals surface area (Å²) in [5.74, 6) is -3.63. The van der Waals surface area contributed by atoms with Gasteiger partial charge in [0.2, 0.25) is 5.88 Å². The normalized spacial score (nSPS) is 18.0. The Morgan fingerprint density at radius 2 is 1.75 bits per heavy atom. The van der Waals surface area contributed by atoms with Gasteiger partial charge in [-0.2, -0.15) is 35.8 Å². The van der Waals surface area contributed by atoms with Gasteiger partial charge in [-0.15, -0.1) is 0 Å². The summed E-state index contributed by atoms with van der Waals surface area (Å²) in [6, 6.07) is 0. The zero-order valence-corrected chi connectivity index (χ0v) is 14.9. The van der Waals surface area contributed by atoms with Crippen LogP contribution >= 0.6 is 0 Å². The number of nitrogens with zero attached hydrogens (tertiary/aromatic N) is 2. The van der Waals surface area contributed by atoms with Gasteiger partial charge >= 0.3 is 18.0 Å². The number of sulfone groups is 1. The van der Waals surface area contributed by atoms with Crippen LogP contribution in [-0.4, -0.2) is 30.4 Å². The summed E-state index contributed by atoms with van der Waals surface area (Å²) < 4.78 is 136. The number of hydroxylamine groups is 1. The van der Waals surface area contributed by atoms with Crippen molar-refractivity contribution in [1.29, 1.82) is 0 Å². The Bertz CT molecular complexity index is 920. The molecule has 0 unspecified atom stereocenters. The molecule has 0 saturated carbocycles. The molecule has 1 aromatic rings. The van der Waals surface area contributed by atoms with Gasteiger partial charge in [-0.25, -0.2) is 17.5 Å². The number of hydrogen-bond donors (Lipinski definition) is 1. The molecule has 0 amide bonds. The van der Waals surface area contributed by atoms with Gasteiger partial charge in [-0.3, -0.25) is 10.3 Å². The van der Waals surface area contributed by atoms with Crippen LogP contribution in [0.15, 0.2) is 10.9 Å². The van der Waals surface area contributed by atoms with Crippen LogP contribution in [0.25, 0.3) is 0 Å². The van der Waals surface area contributed by atoms with Gasteiger partial charge in [-0.1, -0.05) is 0 Å². The van der Waals surface area contributed by atoms with Crippen molar-refractivity contribution in [1.82, 2.24) is 15.3 Å². The van der Waals surface area contributed by atoms with Crippen LogP contribution < -0.4 is 10.2 Å². The van der Waals surface area contributed by atoms with Gasteiger partial charge in [0, 0.05) is 7.05 Å². The second kappa shape index (κ2) is 6.47. The molecule has 28 heavy (non-hydrogen) atoms. The van der Waals surface area contributed by atoms with Gasteiger partial charge < -0.3 is 4.74 Å². The van der Waals surface area contributed by atoms with E-state index >= 15 is 0 Å². The zero-order valence-electron chi connectivity index (χ0n) is 14.0. The Morgan fingerprint density at radius 3 is 2.14 bits per heavy atom. The summed E-state index contributed by atoms with van der Waals surface area (Å²) in [5, 5.41) is -4.83. The third-order valence-corrected chi connectivity index (χ3v) is 5.17. The number of rotatable bonds is 5. The van der Waals surface area contributed by atoms with E-state index in [9.17, 15) is 43.5 Å². The number of halogens is 8. The summed E-state index contributed by atoms with van der Waals surface area (Å²) in [6.07, 6.45) is -5.68. The van der Waals surface area contributed by atoms with Crippen molar-refractivity contribution in [3.63, 3.8) is 0 Å². The largest absolute Gasteiger partial charge is 0.435 e. The minimum atomic E-state index is -6.28. The van der Waals surface area contributed by atoms with Crippen LogP contribution in [0.2, 0.25) is 0 Å². The highest BCUT2D eigenvalue weighted by Crippen LogP contribution is 2.49. The van der Waals surface area contributed by atoms with Gasteiger partial charge in [0.1, 0.15) is 11.2 Å². The number of hydrogen-bond acceptors (Lipinski definition) is 6. The quantitative estimate of drug-likeness (QED) is 0.702. The number of alkyl halides is 7. The lowest BCUT2D eigenvalue weighted by Gasteiger charge is -2.19. The Balaban J connectivity index is 2.80. The Kier molecular flexibility index (Phi) is 5.12. The molecule has 1 aliphatic rings. The fourth-order valence-corrected chi connectivity index (χ4v) is 3.50. The lowest BCUT2D eigenvalue weighted by molar-refractivity contribution is -0.144. The Labute approximate surface area is 151 Å². The third kappa shape index (κ3) is 3.38. The van der Waals surface area contributed by atoms with E-state index in [0.29, 0.717) is 7.05 Å². The maximum Gasteiger partial charge on any atom is 0.435 e. The summed E-state index contributed by atoms with van der Waals surface area (Å²) in [7, 11) is -5.74. The van der Waals surface area contributed by atoms with Crippen LogP contribution in [-0.2, 0) is 33.2 Å². The predicted molar refractivity (Wildman–Crippen MR) is 74.1 cm³/mol. The van der Waals surface area contributed by atoms with Gasteiger partial charge in [0.05, 0.1) is 0 Å². The van der Waals surface area contributed by atoms with Gasteiger partial charge in [0.25, 0.3) is 9.84 Å². The summed E-state index contributed by atoms with van der Waals surface area (Å²) >= 11 is 0. The molecule has 2 heterocycles. The smallest absolute Gasteiger partial charge is 0.417 e.